The molecule has 9 heteroatoms. The zero-order chi connectivity index (χ0) is 37.2. The zero-order valence-electron chi connectivity index (χ0n) is 32.1. The van der Waals surface area contributed by atoms with E-state index in [2.05, 4.69) is 55.5 Å². The number of unbranched alkanes of at least 4 members (excludes halogenated alkanes) is 14. The van der Waals surface area contributed by atoms with Crippen molar-refractivity contribution in [2.75, 3.05) is 26.4 Å². The van der Waals surface area contributed by atoms with Crippen molar-refractivity contribution >= 4 is 5.97 Å². The van der Waals surface area contributed by atoms with Crippen LogP contribution >= 0.6 is 0 Å². The van der Waals surface area contributed by atoms with E-state index in [0.717, 1.165) is 44.9 Å². The fourth-order valence-corrected chi connectivity index (χ4v) is 5.81. The van der Waals surface area contributed by atoms with Gasteiger partial charge in [0.05, 0.1) is 19.8 Å². The third kappa shape index (κ3) is 25.7. The highest BCUT2D eigenvalue weighted by Crippen LogP contribution is 2.22. The van der Waals surface area contributed by atoms with Gasteiger partial charge in [-0.25, -0.2) is 0 Å². The fourth-order valence-electron chi connectivity index (χ4n) is 5.81. The number of esters is 1. The highest BCUT2D eigenvalue weighted by molar-refractivity contribution is 5.69. The van der Waals surface area contributed by atoms with Gasteiger partial charge in [-0.1, -0.05) is 140 Å². The molecular formula is C42H74O9. The van der Waals surface area contributed by atoms with Gasteiger partial charge in [-0.3, -0.25) is 4.79 Å². The van der Waals surface area contributed by atoms with Gasteiger partial charge in [0.2, 0.25) is 0 Å². The molecule has 1 rings (SSSR count). The second-order valence-corrected chi connectivity index (χ2v) is 13.7. The van der Waals surface area contributed by atoms with E-state index in [9.17, 15) is 25.2 Å². The van der Waals surface area contributed by atoms with Gasteiger partial charge in [0.25, 0.3) is 0 Å². The molecule has 0 amide bonds. The van der Waals surface area contributed by atoms with Crippen molar-refractivity contribution in [2.45, 2.75) is 185 Å². The Bertz CT molecular complexity index is 916. The maximum absolute atomic E-state index is 12.3. The van der Waals surface area contributed by atoms with Crippen molar-refractivity contribution in [2.24, 2.45) is 0 Å². The first-order valence-corrected chi connectivity index (χ1v) is 20.2. The standard InChI is InChI=1S/C42H74O9/c1-3-5-7-8-9-10-11-12-13-14-15-16-17-18-19-20-21-22-23-24-25-26-27-28-29-30-32-48-34-36(50-38(44)31-6-4-2)35-49-42-41(47)40(46)39(45)37(33-43)51-42/h5,7,9-10,12-13,15-16,36-37,39-43,45-47H,3-4,6,8,11,14,17-35H2,1-2H3/b7-5-,10-9-,13-12-,16-15-. The molecule has 0 bridgehead atoms. The minimum Gasteiger partial charge on any atom is -0.457 e. The van der Waals surface area contributed by atoms with Crippen molar-refractivity contribution in [1.29, 1.82) is 0 Å². The number of allylic oxidation sites excluding steroid dienone is 8. The summed E-state index contributed by atoms with van der Waals surface area (Å²) in [6.07, 6.45) is 34.1. The Hall–Kier alpha value is -1.85. The number of rotatable bonds is 33. The molecular weight excluding hydrogens is 648 g/mol. The Balaban J connectivity index is 2.02. The smallest absolute Gasteiger partial charge is 0.306 e. The van der Waals surface area contributed by atoms with Crippen molar-refractivity contribution in [3.63, 3.8) is 0 Å². The number of aliphatic hydroxyl groups excluding tert-OH is 4. The number of hydrogen-bond donors (Lipinski definition) is 4. The summed E-state index contributed by atoms with van der Waals surface area (Å²) < 4.78 is 22.4. The lowest BCUT2D eigenvalue weighted by atomic mass is 9.99. The molecule has 6 unspecified atom stereocenters. The Labute approximate surface area is 310 Å². The summed E-state index contributed by atoms with van der Waals surface area (Å²) in [4.78, 5) is 12.3. The number of hydrogen-bond acceptors (Lipinski definition) is 9. The summed E-state index contributed by atoms with van der Waals surface area (Å²) in [5.41, 5.74) is 0. The predicted molar refractivity (Wildman–Crippen MR) is 205 cm³/mol. The maximum atomic E-state index is 12.3. The van der Waals surface area contributed by atoms with Gasteiger partial charge in [0.1, 0.15) is 30.5 Å². The van der Waals surface area contributed by atoms with E-state index in [1.54, 1.807) is 0 Å². The first-order valence-electron chi connectivity index (χ1n) is 20.2. The molecule has 1 saturated heterocycles. The van der Waals surface area contributed by atoms with Crippen LogP contribution in [0.15, 0.2) is 48.6 Å². The van der Waals surface area contributed by atoms with Crippen LogP contribution in [-0.2, 0) is 23.7 Å². The Morgan fingerprint density at radius 2 is 1.18 bits per heavy atom. The van der Waals surface area contributed by atoms with Crippen LogP contribution in [0.3, 0.4) is 0 Å². The molecule has 1 aliphatic rings. The van der Waals surface area contributed by atoms with Crippen molar-refractivity contribution < 1.29 is 44.2 Å². The lowest BCUT2D eigenvalue weighted by Crippen LogP contribution is -2.59. The van der Waals surface area contributed by atoms with Crippen molar-refractivity contribution in [3.8, 4) is 0 Å². The molecule has 1 aliphatic heterocycles. The fraction of sp³-hybridized carbons (Fsp3) is 0.786. The first-order chi connectivity index (χ1) is 24.9. The van der Waals surface area contributed by atoms with Gasteiger partial charge >= 0.3 is 5.97 Å². The van der Waals surface area contributed by atoms with Gasteiger partial charge in [-0.05, 0) is 51.4 Å². The highest BCUT2D eigenvalue weighted by atomic mass is 16.7. The van der Waals surface area contributed by atoms with E-state index in [4.69, 9.17) is 18.9 Å². The van der Waals surface area contributed by atoms with E-state index in [1.807, 2.05) is 6.92 Å². The minimum absolute atomic E-state index is 0.118. The van der Waals surface area contributed by atoms with Crippen molar-refractivity contribution in [3.05, 3.63) is 48.6 Å². The minimum atomic E-state index is -1.53. The molecule has 1 fully saturated rings. The molecule has 0 aliphatic carbocycles. The zero-order valence-corrected chi connectivity index (χ0v) is 32.1. The van der Waals surface area contributed by atoms with Gasteiger partial charge in [0.15, 0.2) is 6.29 Å². The van der Waals surface area contributed by atoms with Gasteiger partial charge in [0, 0.05) is 13.0 Å². The molecule has 0 radical (unpaired) electrons. The van der Waals surface area contributed by atoms with Crippen LogP contribution in [0.5, 0.6) is 0 Å². The SMILES string of the molecule is CC/C=C\C/C=C\C/C=C\C/C=C\CCCCCCCCCCCCCCCOCC(COC1OC(CO)C(O)C(O)C1O)OC(=O)CCCC. The van der Waals surface area contributed by atoms with Crippen LogP contribution in [0, 0.1) is 0 Å². The molecule has 6 atom stereocenters. The molecule has 0 saturated carbocycles. The average molecular weight is 723 g/mol. The molecule has 0 aromatic rings. The normalized spacial score (nSPS) is 21.9. The summed E-state index contributed by atoms with van der Waals surface area (Å²) in [7, 11) is 0. The molecule has 0 aromatic carbocycles. The lowest BCUT2D eigenvalue weighted by Gasteiger charge is -2.39. The lowest BCUT2D eigenvalue weighted by molar-refractivity contribution is -0.305. The molecule has 51 heavy (non-hydrogen) atoms. The molecule has 4 N–H and O–H groups in total. The van der Waals surface area contributed by atoms with Crippen LogP contribution in [0.2, 0.25) is 0 Å². The van der Waals surface area contributed by atoms with E-state index < -0.39 is 43.4 Å². The average Bonchev–Trinajstić information content (AvgIpc) is 3.13. The van der Waals surface area contributed by atoms with E-state index in [0.29, 0.717) is 19.4 Å². The third-order valence-electron chi connectivity index (χ3n) is 9.01. The monoisotopic (exact) mass is 723 g/mol. The summed E-state index contributed by atoms with van der Waals surface area (Å²) in [6, 6.07) is 0. The number of ether oxygens (including phenoxy) is 4. The molecule has 296 valence electrons. The predicted octanol–water partition coefficient (Wildman–Crippen LogP) is 8.19. The quantitative estimate of drug-likeness (QED) is 0.0301. The number of carbonyl (C=O) groups is 1. The summed E-state index contributed by atoms with van der Waals surface area (Å²) in [6.45, 7) is 4.18. The van der Waals surface area contributed by atoms with E-state index in [-0.39, 0.29) is 19.2 Å². The van der Waals surface area contributed by atoms with E-state index in [1.165, 1.54) is 77.0 Å². The maximum Gasteiger partial charge on any atom is 0.306 e. The summed E-state index contributed by atoms with van der Waals surface area (Å²) >= 11 is 0. The van der Waals surface area contributed by atoms with Gasteiger partial charge in [-0.2, -0.15) is 0 Å². The molecule has 0 aromatic heterocycles. The van der Waals surface area contributed by atoms with Gasteiger partial charge in [-0.15, -0.1) is 0 Å². The number of aliphatic hydroxyl groups is 4. The van der Waals surface area contributed by atoms with Crippen LogP contribution in [0.25, 0.3) is 0 Å². The van der Waals surface area contributed by atoms with Crippen LogP contribution in [0.4, 0.5) is 0 Å². The highest BCUT2D eigenvalue weighted by Gasteiger charge is 2.44. The van der Waals surface area contributed by atoms with E-state index >= 15 is 0 Å². The van der Waals surface area contributed by atoms with Crippen LogP contribution in [0.1, 0.15) is 149 Å². The Kier molecular flexibility index (Phi) is 31.4. The van der Waals surface area contributed by atoms with Crippen LogP contribution < -0.4 is 0 Å². The van der Waals surface area contributed by atoms with Crippen LogP contribution in [-0.4, -0.2) is 89.6 Å². The van der Waals surface area contributed by atoms with Gasteiger partial charge < -0.3 is 39.4 Å². The Morgan fingerprint density at radius 1 is 0.647 bits per heavy atom. The second-order valence-electron chi connectivity index (χ2n) is 13.7. The first kappa shape index (κ1) is 47.2. The Morgan fingerprint density at radius 3 is 1.73 bits per heavy atom. The number of carbonyl (C=O) groups excluding carboxylic acids is 1. The topological polar surface area (TPSA) is 135 Å². The summed E-state index contributed by atoms with van der Waals surface area (Å²) in [5.74, 6) is -0.351. The third-order valence-corrected chi connectivity index (χ3v) is 9.01. The summed E-state index contributed by atoms with van der Waals surface area (Å²) in [5, 5.41) is 39.6. The molecule has 9 nitrogen and oxygen atoms in total. The van der Waals surface area contributed by atoms with Crippen molar-refractivity contribution in [1.82, 2.24) is 0 Å². The molecule has 0 spiro atoms. The largest absolute Gasteiger partial charge is 0.457 e. The molecule has 1 heterocycles. The second kappa shape index (κ2) is 34.0.